The van der Waals surface area contributed by atoms with Gasteiger partial charge < -0.3 is 15.0 Å². The first-order valence-corrected chi connectivity index (χ1v) is 6.44. The van der Waals surface area contributed by atoms with E-state index < -0.39 is 5.60 Å². The standard InChI is InChI=1S/C12H21N5O2/c1-12(2,3)19-11(18)13-9-5-6-17(7-9)10-8-16(4)15-14-10/h8-9H,5-7H2,1-4H3,(H,13,18)/t9-/m1/s1. The number of alkyl carbamates (subject to hydrolysis) is 1. The van der Waals surface area contributed by atoms with Gasteiger partial charge in [-0.25, -0.2) is 4.79 Å². The van der Waals surface area contributed by atoms with E-state index in [9.17, 15) is 4.79 Å². The molecular weight excluding hydrogens is 246 g/mol. The van der Waals surface area contributed by atoms with Crippen molar-refractivity contribution in [1.29, 1.82) is 0 Å². The number of carbonyl (C=O) groups is 1. The SMILES string of the molecule is Cn1cc(N2CC[C@@H](NC(=O)OC(C)(C)C)C2)nn1. The van der Waals surface area contributed by atoms with E-state index >= 15 is 0 Å². The van der Waals surface area contributed by atoms with Crippen molar-refractivity contribution < 1.29 is 9.53 Å². The molecule has 1 aromatic rings. The summed E-state index contributed by atoms with van der Waals surface area (Å²) in [5.74, 6) is 0.844. The van der Waals surface area contributed by atoms with E-state index in [4.69, 9.17) is 4.74 Å². The molecule has 0 radical (unpaired) electrons. The van der Waals surface area contributed by atoms with Crippen LogP contribution in [0.4, 0.5) is 10.6 Å². The molecule has 0 unspecified atom stereocenters. The number of hydrogen-bond donors (Lipinski definition) is 1. The second kappa shape index (κ2) is 5.07. The molecule has 106 valence electrons. The lowest BCUT2D eigenvalue weighted by molar-refractivity contribution is 0.0509. The third-order valence-electron chi connectivity index (χ3n) is 2.82. The Kier molecular flexibility index (Phi) is 3.64. The summed E-state index contributed by atoms with van der Waals surface area (Å²) in [4.78, 5) is 13.8. The molecule has 1 N–H and O–H groups in total. The predicted octanol–water partition coefficient (Wildman–Crippen LogP) is 0.918. The molecule has 7 heteroatoms. The van der Waals surface area contributed by atoms with Gasteiger partial charge in [0.05, 0.1) is 12.2 Å². The number of anilines is 1. The molecule has 2 heterocycles. The van der Waals surface area contributed by atoms with Gasteiger partial charge in [0, 0.05) is 20.1 Å². The molecule has 1 amide bonds. The first-order valence-electron chi connectivity index (χ1n) is 6.44. The van der Waals surface area contributed by atoms with Crippen molar-refractivity contribution in [2.45, 2.75) is 38.8 Å². The molecule has 0 aromatic carbocycles. The number of aryl methyl sites for hydroxylation is 1. The maximum atomic E-state index is 11.7. The van der Waals surface area contributed by atoms with Crippen molar-refractivity contribution in [3.63, 3.8) is 0 Å². The molecule has 7 nitrogen and oxygen atoms in total. The Hall–Kier alpha value is -1.79. The van der Waals surface area contributed by atoms with Crippen LogP contribution in [0, 0.1) is 0 Å². The zero-order chi connectivity index (χ0) is 14.0. The zero-order valence-corrected chi connectivity index (χ0v) is 11.9. The Bertz CT molecular complexity index is 451. The molecule has 1 fully saturated rings. The lowest BCUT2D eigenvalue weighted by Gasteiger charge is -2.21. The summed E-state index contributed by atoms with van der Waals surface area (Å²) in [7, 11) is 1.84. The lowest BCUT2D eigenvalue weighted by Crippen LogP contribution is -2.40. The zero-order valence-electron chi connectivity index (χ0n) is 11.9. The smallest absolute Gasteiger partial charge is 0.407 e. The van der Waals surface area contributed by atoms with Crippen LogP contribution in [0.1, 0.15) is 27.2 Å². The third-order valence-corrected chi connectivity index (χ3v) is 2.82. The maximum Gasteiger partial charge on any atom is 0.407 e. The fourth-order valence-electron chi connectivity index (χ4n) is 2.04. The van der Waals surface area contributed by atoms with Crippen LogP contribution < -0.4 is 10.2 Å². The van der Waals surface area contributed by atoms with Crippen molar-refractivity contribution in [2.75, 3.05) is 18.0 Å². The average Bonchev–Trinajstić information content (AvgIpc) is 2.83. The van der Waals surface area contributed by atoms with Crippen LogP contribution >= 0.6 is 0 Å². The monoisotopic (exact) mass is 267 g/mol. The van der Waals surface area contributed by atoms with Crippen LogP contribution in [0.15, 0.2) is 6.20 Å². The minimum atomic E-state index is -0.465. The molecule has 0 aliphatic carbocycles. The van der Waals surface area contributed by atoms with Gasteiger partial charge in [-0.15, -0.1) is 5.10 Å². The largest absolute Gasteiger partial charge is 0.444 e. The van der Waals surface area contributed by atoms with E-state index in [1.54, 1.807) is 4.68 Å². The third kappa shape index (κ3) is 3.84. The molecule has 0 saturated carbocycles. The summed E-state index contributed by atoms with van der Waals surface area (Å²) in [5, 5.41) is 10.9. The molecular formula is C12H21N5O2. The summed E-state index contributed by atoms with van der Waals surface area (Å²) >= 11 is 0. The Labute approximate surface area is 112 Å². The normalized spacial score (nSPS) is 19.6. The van der Waals surface area contributed by atoms with Gasteiger partial charge in [0.15, 0.2) is 5.82 Å². The first-order chi connectivity index (χ1) is 8.83. The number of nitrogens with one attached hydrogen (secondary N) is 1. The molecule has 19 heavy (non-hydrogen) atoms. The quantitative estimate of drug-likeness (QED) is 0.862. The van der Waals surface area contributed by atoms with Gasteiger partial charge >= 0.3 is 6.09 Å². The highest BCUT2D eigenvalue weighted by Gasteiger charge is 2.27. The highest BCUT2D eigenvalue weighted by Crippen LogP contribution is 2.17. The Morgan fingerprint density at radius 3 is 2.84 bits per heavy atom. The summed E-state index contributed by atoms with van der Waals surface area (Å²) in [6.07, 6.45) is 2.39. The fraction of sp³-hybridized carbons (Fsp3) is 0.750. The van der Waals surface area contributed by atoms with E-state index in [-0.39, 0.29) is 12.1 Å². The van der Waals surface area contributed by atoms with Crippen molar-refractivity contribution in [3.05, 3.63) is 6.20 Å². The van der Waals surface area contributed by atoms with Gasteiger partial charge in [0.1, 0.15) is 5.60 Å². The fourth-order valence-corrected chi connectivity index (χ4v) is 2.04. The summed E-state index contributed by atoms with van der Waals surface area (Å²) < 4.78 is 6.91. The average molecular weight is 267 g/mol. The Morgan fingerprint density at radius 1 is 1.53 bits per heavy atom. The highest BCUT2D eigenvalue weighted by atomic mass is 16.6. The van der Waals surface area contributed by atoms with E-state index in [1.165, 1.54) is 0 Å². The summed E-state index contributed by atoms with van der Waals surface area (Å²) in [6.45, 7) is 7.16. The number of ether oxygens (including phenoxy) is 1. The topological polar surface area (TPSA) is 72.3 Å². The van der Waals surface area contributed by atoms with Gasteiger partial charge in [-0.1, -0.05) is 5.21 Å². The Morgan fingerprint density at radius 2 is 2.26 bits per heavy atom. The molecule has 1 aromatic heterocycles. The van der Waals surface area contributed by atoms with Gasteiger partial charge in [0.2, 0.25) is 0 Å². The minimum absolute atomic E-state index is 0.0943. The first kappa shape index (κ1) is 13.6. The molecule has 1 aliphatic heterocycles. The van der Waals surface area contributed by atoms with E-state index in [1.807, 2.05) is 34.0 Å². The van der Waals surface area contributed by atoms with Crippen molar-refractivity contribution in [2.24, 2.45) is 7.05 Å². The van der Waals surface area contributed by atoms with E-state index in [0.29, 0.717) is 0 Å². The van der Waals surface area contributed by atoms with Crippen molar-refractivity contribution in [1.82, 2.24) is 20.3 Å². The van der Waals surface area contributed by atoms with E-state index in [0.717, 1.165) is 25.3 Å². The number of rotatable bonds is 2. The number of amides is 1. The van der Waals surface area contributed by atoms with E-state index in [2.05, 4.69) is 20.5 Å². The second-order valence-corrected chi connectivity index (χ2v) is 5.83. The molecule has 0 bridgehead atoms. The van der Waals surface area contributed by atoms with Crippen LogP contribution in [0.2, 0.25) is 0 Å². The second-order valence-electron chi connectivity index (χ2n) is 5.83. The van der Waals surface area contributed by atoms with Gasteiger partial charge in [-0.2, -0.15) is 0 Å². The van der Waals surface area contributed by atoms with Crippen LogP contribution in [-0.4, -0.2) is 45.8 Å². The predicted molar refractivity (Wildman–Crippen MR) is 71.0 cm³/mol. The van der Waals surface area contributed by atoms with Gasteiger partial charge in [-0.05, 0) is 27.2 Å². The van der Waals surface area contributed by atoms with Crippen LogP contribution in [0.3, 0.4) is 0 Å². The summed E-state index contributed by atoms with van der Waals surface area (Å²) in [5.41, 5.74) is -0.465. The minimum Gasteiger partial charge on any atom is -0.444 e. The van der Waals surface area contributed by atoms with Gasteiger partial charge in [0.25, 0.3) is 0 Å². The van der Waals surface area contributed by atoms with Gasteiger partial charge in [-0.3, -0.25) is 4.68 Å². The molecule has 2 rings (SSSR count). The Balaban J connectivity index is 1.84. The number of aromatic nitrogens is 3. The molecule has 1 saturated heterocycles. The number of carbonyl (C=O) groups excluding carboxylic acids is 1. The summed E-state index contributed by atoms with van der Waals surface area (Å²) in [6, 6.07) is 0.0943. The van der Waals surface area contributed by atoms with Crippen LogP contribution in [0.25, 0.3) is 0 Å². The number of hydrogen-bond acceptors (Lipinski definition) is 5. The van der Waals surface area contributed by atoms with Crippen LogP contribution in [-0.2, 0) is 11.8 Å². The molecule has 1 atom stereocenters. The highest BCUT2D eigenvalue weighted by molar-refractivity contribution is 5.68. The van der Waals surface area contributed by atoms with Crippen LogP contribution in [0.5, 0.6) is 0 Å². The maximum absolute atomic E-state index is 11.7. The lowest BCUT2D eigenvalue weighted by atomic mass is 10.2. The molecule has 0 spiro atoms. The van der Waals surface area contributed by atoms with Crippen molar-refractivity contribution >= 4 is 11.9 Å². The number of nitrogens with zero attached hydrogens (tertiary/aromatic N) is 4. The molecule has 1 aliphatic rings. The van der Waals surface area contributed by atoms with Crippen molar-refractivity contribution in [3.8, 4) is 0 Å².